The Morgan fingerprint density at radius 2 is 1.74 bits per heavy atom. The van der Waals surface area contributed by atoms with Crippen molar-refractivity contribution >= 4 is 29.9 Å². The zero-order valence-electron chi connectivity index (χ0n) is 14.6. The summed E-state index contributed by atoms with van der Waals surface area (Å²) in [5.74, 6) is 1.56. The average Bonchev–Trinajstić information content (AvgIpc) is 2.57. The SMILES string of the molecule is CCNC(=NCc1ccc(OC)cc1)NCC(O)(CC)CC.I. The number of ether oxygens (including phenoxy) is 1. The largest absolute Gasteiger partial charge is 0.497 e. The van der Waals surface area contributed by atoms with Crippen LogP contribution in [0.4, 0.5) is 0 Å². The van der Waals surface area contributed by atoms with Crippen LogP contribution in [0.2, 0.25) is 0 Å². The third-order valence-electron chi connectivity index (χ3n) is 3.82. The summed E-state index contributed by atoms with van der Waals surface area (Å²) in [6.07, 6.45) is 1.43. The van der Waals surface area contributed by atoms with Gasteiger partial charge >= 0.3 is 0 Å². The number of rotatable bonds is 8. The van der Waals surface area contributed by atoms with E-state index in [4.69, 9.17) is 4.74 Å². The first-order valence-corrected chi connectivity index (χ1v) is 7.94. The fourth-order valence-corrected chi connectivity index (χ4v) is 1.99. The van der Waals surface area contributed by atoms with Gasteiger partial charge in [0.25, 0.3) is 0 Å². The molecule has 0 atom stereocenters. The molecule has 0 aliphatic carbocycles. The quantitative estimate of drug-likeness (QED) is 0.334. The van der Waals surface area contributed by atoms with Gasteiger partial charge in [-0.05, 0) is 37.5 Å². The van der Waals surface area contributed by atoms with Crippen molar-refractivity contribution in [3.63, 3.8) is 0 Å². The number of guanidine groups is 1. The second kappa shape index (κ2) is 11.5. The zero-order chi connectivity index (χ0) is 16.4. The number of hydrogen-bond acceptors (Lipinski definition) is 3. The first-order valence-electron chi connectivity index (χ1n) is 7.94. The predicted octanol–water partition coefficient (Wildman–Crippen LogP) is 2.92. The molecule has 0 amide bonds. The van der Waals surface area contributed by atoms with Crippen molar-refractivity contribution in [3.05, 3.63) is 29.8 Å². The summed E-state index contributed by atoms with van der Waals surface area (Å²) in [6, 6.07) is 7.86. The van der Waals surface area contributed by atoms with Crippen molar-refractivity contribution in [3.8, 4) is 5.75 Å². The molecule has 0 aliphatic rings. The van der Waals surface area contributed by atoms with Crippen LogP contribution in [-0.4, -0.2) is 36.9 Å². The highest BCUT2D eigenvalue weighted by Crippen LogP contribution is 2.13. The van der Waals surface area contributed by atoms with Crippen LogP contribution in [-0.2, 0) is 6.54 Å². The molecule has 0 heterocycles. The predicted molar refractivity (Wildman–Crippen MR) is 107 cm³/mol. The van der Waals surface area contributed by atoms with Crippen LogP contribution in [0.15, 0.2) is 29.3 Å². The number of aliphatic imine (C=N–C) groups is 1. The molecule has 0 saturated heterocycles. The fourth-order valence-electron chi connectivity index (χ4n) is 1.99. The number of halogens is 1. The third kappa shape index (κ3) is 7.87. The molecule has 1 aromatic rings. The fraction of sp³-hybridized carbons (Fsp3) is 0.588. The molecule has 0 fully saturated rings. The molecule has 0 saturated carbocycles. The van der Waals surface area contributed by atoms with Gasteiger partial charge in [0.1, 0.15) is 5.75 Å². The van der Waals surface area contributed by atoms with Crippen molar-refractivity contribution in [1.29, 1.82) is 0 Å². The first-order chi connectivity index (χ1) is 10.6. The third-order valence-corrected chi connectivity index (χ3v) is 3.82. The van der Waals surface area contributed by atoms with Crippen molar-refractivity contribution in [1.82, 2.24) is 10.6 Å². The second-order valence-corrected chi connectivity index (χ2v) is 5.33. The van der Waals surface area contributed by atoms with Gasteiger partial charge in [0, 0.05) is 13.1 Å². The molecule has 0 spiro atoms. The molecule has 0 aromatic heterocycles. The van der Waals surface area contributed by atoms with Crippen molar-refractivity contribution < 1.29 is 9.84 Å². The number of nitrogens with one attached hydrogen (secondary N) is 2. The van der Waals surface area contributed by atoms with Gasteiger partial charge < -0.3 is 20.5 Å². The van der Waals surface area contributed by atoms with Gasteiger partial charge in [0.15, 0.2) is 5.96 Å². The number of nitrogens with zero attached hydrogens (tertiary/aromatic N) is 1. The summed E-state index contributed by atoms with van der Waals surface area (Å²) in [6.45, 7) is 7.87. The second-order valence-electron chi connectivity index (χ2n) is 5.33. The molecule has 23 heavy (non-hydrogen) atoms. The Labute approximate surface area is 156 Å². The normalized spacial score (nSPS) is 11.6. The van der Waals surface area contributed by atoms with E-state index in [1.165, 1.54) is 0 Å². The van der Waals surface area contributed by atoms with Gasteiger partial charge in [-0.1, -0.05) is 26.0 Å². The van der Waals surface area contributed by atoms with Crippen LogP contribution in [0.1, 0.15) is 39.2 Å². The summed E-state index contributed by atoms with van der Waals surface area (Å²) < 4.78 is 5.15. The van der Waals surface area contributed by atoms with E-state index in [2.05, 4.69) is 15.6 Å². The lowest BCUT2D eigenvalue weighted by Crippen LogP contribution is -2.46. The van der Waals surface area contributed by atoms with Crippen LogP contribution in [0, 0.1) is 0 Å². The van der Waals surface area contributed by atoms with E-state index in [-0.39, 0.29) is 24.0 Å². The van der Waals surface area contributed by atoms with Gasteiger partial charge in [-0.15, -0.1) is 24.0 Å². The lowest BCUT2D eigenvalue weighted by molar-refractivity contribution is 0.0367. The van der Waals surface area contributed by atoms with E-state index >= 15 is 0 Å². The highest BCUT2D eigenvalue weighted by molar-refractivity contribution is 14.0. The minimum atomic E-state index is -0.684. The van der Waals surface area contributed by atoms with E-state index in [1.54, 1.807) is 7.11 Å². The molecule has 6 heteroatoms. The summed E-state index contributed by atoms with van der Waals surface area (Å²) in [5.41, 5.74) is 0.426. The molecule has 1 aromatic carbocycles. The molecule has 1 rings (SSSR count). The zero-order valence-corrected chi connectivity index (χ0v) is 16.9. The van der Waals surface area contributed by atoms with E-state index in [9.17, 15) is 5.11 Å². The van der Waals surface area contributed by atoms with Gasteiger partial charge in [-0.25, -0.2) is 4.99 Å². The Morgan fingerprint density at radius 1 is 1.13 bits per heavy atom. The van der Waals surface area contributed by atoms with Gasteiger partial charge in [-0.3, -0.25) is 0 Å². The van der Waals surface area contributed by atoms with Crippen LogP contribution in [0.3, 0.4) is 0 Å². The Balaban J connectivity index is 0.00000484. The van der Waals surface area contributed by atoms with Crippen molar-refractivity contribution in [2.24, 2.45) is 4.99 Å². The van der Waals surface area contributed by atoms with Crippen LogP contribution in [0.25, 0.3) is 0 Å². The topological polar surface area (TPSA) is 65.9 Å². The van der Waals surface area contributed by atoms with Crippen LogP contribution < -0.4 is 15.4 Å². The molecule has 5 nitrogen and oxygen atoms in total. The molecule has 0 aliphatic heterocycles. The van der Waals surface area contributed by atoms with Crippen LogP contribution in [0.5, 0.6) is 5.75 Å². The van der Waals surface area contributed by atoms with Crippen molar-refractivity contribution in [2.75, 3.05) is 20.2 Å². The van der Waals surface area contributed by atoms with Gasteiger partial charge in [0.2, 0.25) is 0 Å². The molecule has 132 valence electrons. The Hall–Kier alpha value is -1.02. The molecular formula is C17H30IN3O2. The number of aliphatic hydroxyl groups is 1. The summed E-state index contributed by atoms with van der Waals surface area (Å²) in [7, 11) is 1.66. The van der Waals surface area contributed by atoms with Gasteiger partial charge in [-0.2, -0.15) is 0 Å². The molecule has 0 unspecified atom stereocenters. The number of benzene rings is 1. The van der Waals surface area contributed by atoms with Crippen LogP contribution >= 0.6 is 24.0 Å². The van der Waals surface area contributed by atoms with E-state index in [0.717, 1.165) is 23.8 Å². The molecule has 0 radical (unpaired) electrons. The summed E-state index contributed by atoms with van der Waals surface area (Å²) in [5, 5.41) is 16.7. The Kier molecular flexibility index (Phi) is 11.0. The maximum absolute atomic E-state index is 10.3. The standard InChI is InChI=1S/C17H29N3O2.HI/c1-5-17(21,6-2)13-20-16(18-7-3)19-12-14-8-10-15(22-4)11-9-14;/h8-11,21H,5-7,12-13H2,1-4H3,(H2,18,19,20);1H. The van der Waals surface area contributed by atoms with Gasteiger partial charge in [0.05, 0.1) is 19.3 Å². The highest BCUT2D eigenvalue weighted by atomic mass is 127. The Bertz CT molecular complexity index is 459. The van der Waals surface area contributed by atoms with Crippen molar-refractivity contribution in [2.45, 2.75) is 45.8 Å². The minimum Gasteiger partial charge on any atom is -0.497 e. The van der Waals surface area contributed by atoms with E-state index in [1.807, 2.05) is 45.0 Å². The maximum Gasteiger partial charge on any atom is 0.191 e. The monoisotopic (exact) mass is 435 g/mol. The highest BCUT2D eigenvalue weighted by Gasteiger charge is 2.22. The average molecular weight is 435 g/mol. The molecular weight excluding hydrogens is 405 g/mol. The van der Waals surface area contributed by atoms with E-state index in [0.29, 0.717) is 25.9 Å². The van der Waals surface area contributed by atoms with E-state index < -0.39 is 5.60 Å². The Morgan fingerprint density at radius 3 is 2.22 bits per heavy atom. The lowest BCUT2D eigenvalue weighted by atomic mass is 9.98. The molecule has 0 bridgehead atoms. The summed E-state index contributed by atoms with van der Waals surface area (Å²) >= 11 is 0. The number of methoxy groups -OCH3 is 1. The first kappa shape index (κ1) is 22.0. The minimum absolute atomic E-state index is 0. The lowest BCUT2D eigenvalue weighted by Gasteiger charge is -2.26. The summed E-state index contributed by atoms with van der Waals surface area (Å²) in [4.78, 5) is 4.55. The number of hydrogen-bond donors (Lipinski definition) is 3. The molecule has 3 N–H and O–H groups in total. The smallest absolute Gasteiger partial charge is 0.191 e. The maximum atomic E-state index is 10.3.